The van der Waals surface area contributed by atoms with Gasteiger partial charge < -0.3 is 28.4 Å². The fourth-order valence-electron chi connectivity index (χ4n) is 3.44. The topological polar surface area (TPSA) is 107 Å². The van der Waals surface area contributed by atoms with E-state index in [2.05, 4.69) is 22.6 Å². The van der Waals surface area contributed by atoms with Gasteiger partial charge in [0.05, 0.1) is 0 Å². The number of ether oxygens (including phenoxy) is 6. The number of halogens is 1. The minimum atomic E-state index is -1.19. The van der Waals surface area contributed by atoms with E-state index in [1.54, 1.807) is 24.3 Å². The fourth-order valence-corrected chi connectivity index (χ4v) is 4.15. The largest absolute Gasteiger partial charge is 0.461 e. The third-order valence-corrected chi connectivity index (χ3v) is 5.55. The Morgan fingerprint density at radius 3 is 1.94 bits per heavy atom. The fraction of sp³-hybridized carbons (Fsp3) is 0.375. The lowest BCUT2D eigenvalue weighted by Crippen LogP contribution is -2.63. The number of para-hydroxylation sites is 1. The zero-order valence-electron chi connectivity index (χ0n) is 18.8. The summed E-state index contributed by atoms with van der Waals surface area (Å²) in [6, 6.07) is 16.1. The molecule has 2 aromatic rings. The molecule has 0 amide bonds. The third kappa shape index (κ3) is 7.07. The number of carbonyl (C=O) groups is 3. The molecule has 0 spiro atoms. The number of hydrogen-bond acceptors (Lipinski definition) is 9. The van der Waals surface area contributed by atoms with E-state index >= 15 is 0 Å². The van der Waals surface area contributed by atoms with Crippen LogP contribution >= 0.6 is 22.6 Å². The van der Waals surface area contributed by atoms with Crippen molar-refractivity contribution in [2.24, 2.45) is 0 Å². The van der Waals surface area contributed by atoms with Gasteiger partial charge in [0.1, 0.15) is 23.4 Å². The Hall–Kier alpha value is -2.86. The summed E-state index contributed by atoms with van der Waals surface area (Å²) < 4.78 is 34.5. The summed E-state index contributed by atoms with van der Waals surface area (Å²) in [4.78, 5) is 35.4. The second kappa shape index (κ2) is 12.0. The summed E-state index contributed by atoms with van der Waals surface area (Å²) in [6.07, 6.45) is -5.15. The average molecular weight is 584 g/mol. The van der Waals surface area contributed by atoms with Gasteiger partial charge in [-0.15, -0.1) is 0 Å². The lowest BCUT2D eigenvalue weighted by Gasteiger charge is -2.43. The van der Waals surface area contributed by atoms with E-state index in [-0.39, 0.29) is 0 Å². The van der Waals surface area contributed by atoms with Crippen LogP contribution in [0.5, 0.6) is 17.2 Å². The number of alkyl halides is 1. The van der Waals surface area contributed by atoms with Crippen LogP contribution < -0.4 is 9.47 Å². The van der Waals surface area contributed by atoms with E-state index in [4.69, 9.17) is 28.4 Å². The highest BCUT2D eigenvalue weighted by Crippen LogP contribution is 2.33. The Morgan fingerprint density at radius 2 is 1.32 bits per heavy atom. The van der Waals surface area contributed by atoms with Crippen LogP contribution in [-0.4, -0.2) is 53.0 Å². The molecule has 0 bridgehead atoms. The number of carbonyl (C=O) groups excluding carboxylic acids is 3. The first-order valence-electron chi connectivity index (χ1n) is 10.5. The van der Waals surface area contributed by atoms with Crippen molar-refractivity contribution in [3.05, 3.63) is 54.6 Å². The van der Waals surface area contributed by atoms with Crippen molar-refractivity contribution in [1.29, 1.82) is 0 Å². The molecule has 9 nitrogen and oxygen atoms in total. The Bertz CT molecular complexity index is 997. The zero-order valence-corrected chi connectivity index (χ0v) is 21.0. The molecular weight excluding hydrogens is 559 g/mol. The second-order valence-electron chi connectivity index (χ2n) is 7.43. The van der Waals surface area contributed by atoms with Crippen molar-refractivity contribution in [2.75, 3.05) is 4.43 Å². The van der Waals surface area contributed by atoms with Gasteiger partial charge in [-0.25, -0.2) is 0 Å². The molecule has 0 aromatic heterocycles. The van der Waals surface area contributed by atoms with Crippen LogP contribution in [0.2, 0.25) is 0 Å². The minimum absolute atomic E-state index is 0.371. The minimum Gasteiger partial charge on any atom is -0.461 e. The summed E-state index contributed by atoms with van der Waals surface area (Å²) in [5.74, 6) is -0.332. The standard InChI is InChI=1S/C24H25IO9/c1-14(26)29-21-20(13-25)34-24(23(31-16(3)28)22(21)30-15(2)27)33-19-11-7-10-18(12-19)32-17-8-5-4-6-9-17/h4-12,20-24H,13H2,1-3H3/t20-,21+,22+,23-,24-/m0/s1. The summed E-state index contributed by atoms with van der Waals surface area (Å²) in [7, 11) is 0. The summed E-state index contributed by atoms with van der Waals surface area (Å²) in [5, 5.41) is 0. The monoisotopic (exact) mass is 584 g/mol. The van der Waals surface area contributed by atoms with Crippen molar-refractivity contribution in [2.45, 2.75) is 51.5 Å². The highest BCUT2D eigenvalue weighted by atomic mass is 127. The molecule has 3 rings (SSSR count). The first kappa shape index (κ1) is 25.8. The number of benzene rings is 2. The molecule has 0 unspecified atom stereocenters. The van der Waals surface area contributed by atoms with Crippen molar-refractivity contribution < 1.29 is 42.8 Å². The van der Waals surface area contributed by atoms with Gasteiger partial charge in [0.25, 0.3) is 0 Å². The van der Waals surface area contributed by atoms with Gasteiger partial charge in [0, 0.05) is 31.3 Å². The van der Waals surface area contributed by atoms with Crippen LogP contribution in [0.3, 0.4) is 0 Å². The molecule has 0 saturated carbocycles. The predicted molar refractivity (Wildman–Crippen MR) is 128 cm³/mol. The van der Waals surface area contributed by atoms with E-state index in [0.29, 0.717) is 21.7 Å². The van der Waals surface area contributed by atoms with Crippen LogP contribution in [0.4, 0.5) is 0 Å². The van der Waals surface area contributed by atoms with Crippen LogP contribution in [-0.2, 0) is 33.3 Å². The summed E-state index contributed by atoms with van der Waals surface area (Å²) in [6.45, 7) is 3.66. The lowest BCUT2D eigenvalue weighted by atomic mass is 9.99. The van der Waals surface area contributed by atoms with Gasteiger partial charge in [0.15, 0.2) is 12.2 Å². The molecule has 182 valence electrons. The summed E-state index contributed by atoms with van der Waals surface area (Å²) in [5.41, 5.74) is 0. The highest BCUT2D eigenvalue weighted by molar-refractivity contribution is 14.1. The second-order valence-corrected chi connectivity index (χ2v) is 8.31. The third-order valence-electron chi connectivity index (χ3n) is 4.69. The Labute approximate surface area is 210 Å². The molecule has 1 aliphatic rings. The molecule has 0 aliphatic carbocycles. The zero-order chi connectivity index (χ0) is 24.7. The smallest absolute Gasteiger partial charge is 0.303 e. The molecule has 1 saturated heterocycles. The van der Waals surface area contributed by atoms with E-state index < -0.39 is 48.6 Å². The molecule has 1 fully saturated rings. The Balaban J connectivity index is 1.89. The van der Waals surface area contributed by atoms with Crippen molar-refractivity contribution in [3.8, 4) is 17.2 Å². The molecule has 34 heavy (non-hydrogen) atoms. The van der Waals surface area contributed by atoms with Gasteiger partial charge in [-0.05, 0) is 24.3 Å². The van der Waals surface area contributed by atoms with Gasteiger partial charge in [-0.1, -0.05) is 46.9 Å². The quantitative estimate of drug-likeness (QED) is 0.198. The van der Waals surface area contributed by atoms with Crippen LogP contribution in [0.25, 0.3) is 0 Å². The maximum absolute atomic E-state index is 11.9. The van der Waals surface area contributed by atoms with E-state index in [1.807, 2.05) is 30.3 Å². The number of hydrogen-bond donors (Lipinski definition) is 0. The number of rotatable bonds is 8. The van der Waals surface area contributed by atoms with Crippen molar-refractivity contribution in [1.82, 2.24) is 0 Å². The predicted octanol–water partition coefficient (Wildman–Crippen LogP) is 3.81. The van der Waals surface area contributed by atoms with Crippen molar-refractivity contribution in [3.63, 3.8) is 0 Å². The van der Waals surface area contributed by atoms with Gasteiger partial charge >= 0.3 is 17.9 Å². The molecule has 1 aliphatic heterocycles. The molecule has 0 N–H and O–H groups in total. The molecule has 1 heterocycles. The van der Waals surface area contributed by atoms with Gasteiger partial charge in [-0.3, -0.25) is 14.4 Å². The molecule has 10 heteroatoms. The molecule has 2 aromatic carbocycles. The van der Waals surface area contributed by atoms with Crippen LogP contribution in [0.1, 0.15) is 20.8 Å². The first-order chi connectivity index (χ1) is 16.3. The summed E-state index contributed by atoms with van der Waals surface area (Å²) >= 11 is 2.06. The lowest BCUT2D eigenvalue weighted by molar-refractivity contribution is -0.279. The SMILES string of the molecule is CC(=O)O[C@H]1[C@H](OC(C)=O)[C@@H](Oc2cccc(Oc3ccccc3)c2)O[C@@H](CI)[C@H]1OC(C)=O. The molecular formula is C24H25IO9. The van der Waals surface area contributed by atoms with Gasteiger partial charge in [0.2, 0.25) is 12.4 Å². The molecule has 0 radical (unpaired) electrons. The van der Waals surface area contributed by atoms with Crippen molar-refractivity contribution >= 4 is 40.5 Å². The Morgan fingerprint density at radius 1 is 0.765 bits per heavy atom. The van der Waals surface area contributed by atoms with E-state index in [0.717, 1.165) is 0 Å². The first-order valence-corrected chi connectivity index (χ1v) is 12.0. The Kier molecular flexibility index (Phi) is 9.11. The normalized spacial score (nSPS) is 23.9. The average Bonchev–Trinajstić information content (AvgIpc) is 2.77. The maximum atomic E-state index is 11.9. The molecule has 5 atom stereocenters. The van der Waals surface area contributed by atoms with E-state index in [9.17, 15) is 14.4 Å². The van der Waals surface area contributed by atoms with Crippen LogP contribution in [0, 0.1) is 0 Å². The van der Waals surface area contributed by atoms with E-state index in [1.165, 1.54) is 20.8 Å². The highest BCUT2D eigenvalue weighted by Gasteiger charge is 2.52. The number of esters is 3. The maximum Gasteiger partial charge on any atom is 0.303 e. The van der Waals surface area contributed by atoms with Crippen LogP contribution in [0.15, 0.2) is 54.6 Å². The van der Waals surface area contributed by atoms with Gasteiger partial charge in [-0.2, -0.15) is 0 Å².